The average molecular weight is 253 g/mol. The summed E-state index contributed by atoms with van der Waals surface area (Å²) < 4.78 is 10.9. The Morgan fingerprint density at radius 1 is 1.33 bits per heavy atom. The lowest BCUT2D eigenvalue weighted by molar-refractivity contribution is 0.103. The van der Waals surface area contributed by atoms with Crippen molar-refractivity contribution in [3.05, 3.63) is 12.2 Å². The summed E-state index contributed by atoms with van der Waals surface area (Å²) in [6.45, 7) is 4.12. The second kappa shape index (κ2) is 6.78. The molecule has 2 aliphatic rings. The van der Waals surface area contributed by atoms with Gasteiger partial charge in [-0.25, -0.2) is 4.79 Å². The van der Waals surface area contributed by atoms with Crippen molar-refractivity contribution < 1.29 is 14.3 Å². The van der Waals surface area contributed by atoms with E-state index in [1.807, 2.05) is 4.90 Å². The second-order valence-corrected chi connectivity index (χ2v) is 4.92. The summed E-state index contributed by atoms with van der Waals surface area (Å²) >= 11 is 0. The maximum atomic E-state index is 11.9. The lowest BCUT2D eigenvalue weighted by Gasteiger charge is -2.25. The number of hydrogen-bond donors (Lipinski definition) is 0. The molecule has 2 rings (SSSR count). The number of amides is 1. The van der Waals surface area contributed by atoms with Gasteiger partial charge in [-0.15, -0.1) is 0 Å². The van der Waals surface area contributed by atoms with Gasteiger partial charge in [-0.1, -0.05) is 19.1 Å². The molecular formula is C14H23NO3. The van der Waals surface area contributed by atoms with Crippen LogP contribution in [0.25, 0.3) is 0 Å². The maximum absolute atomic E-state index is 11.9. The topological polar surface area (TPSA) is 38.8 Å². The van der Waals surface area contributed by atoms with Crippen molar-refractivity contribution >= 4 is 6.09 Å². The van der Waals surface area contributed by atoms with E-state index in [9.17, 15) is 4.79 Å². The molecule has 102 valence electrons. The molecule has 0 saturated carbocycles. The van der Waals surface area contributed by atoms with E-state index in [4.69, 9.17) is 9.47 Å². The predicted molar refractivity (Wildman–Crippen MR) is 69.5 cm³/mol. The highest BCUT2D eigenvalue weighted by Crippen LogP contribution is 2.28. The van der Waals surface area contributed by atoms with E-state index in [1.54, 1.807) is 0 Å². The first-order valence-corrected chi connectivity index (χ1v) is 7.03. The summed E-state index contributed by atoms with van der Waals surface area (Å²) in [6, 6.07) is 0.243. The first-order valence-electron chi connectivity index (χ1n) is 7.03. The van der Waals surface area contributed by atoms with Crippen LogP contribution in [0.1, 0.15) is 39.0 Å². The van der Waals surface area contributed by atoms with Crippen LogP contribution in [0.4, 0.5) is 4.79 Å². The van der Waals surface area contributed by atoms with Crippen LogP contribution in [-0.2, 0) is 9.47 Å². The molecular weight excluding hydrogens is 230 g/mol. The van der Waals surface area contributed by atoms with Gasteiger partial charge in [0.25, 0.3) is 0 Å². The third-order valence-corrected chi connectivity index (χ3v) is 3.55. The van der Waals surface area contributed by atoms with Gasteiger partial charge < -0.3 is 9.47 Å². The number of carbonyl (C=O) groups excluding carboxylic acids is 1. The Balaban J connectivity index is 1.87. The van der Waals surface area contributed by atoms with Gasteiger partial charge in [0.2, 0.25) is 0 Å². The van der Waals surface area contributed by atoms with E-state index in [2.05, 4.69) is 19.1 Å². The van der Waals surface area contributed by atoms with Crippen molar-refractivity contribution in [1.82, 2.24) is 4.90 Å². The van der Waals surface area contributed by atoms with Gasteiger partial charge >= 0.3 is 6.09 Å². The zero-order chi connectivity index (χ0) is 12.8. The molecule has 1 unspecified atom stereocenters. The van der Waals surface area contributed by atoms with Gasteiger partial charge in [-0.2, -0.15) is 0 Å². The van der Waals surface area contributed by atoms with Gasteiger partial charge in [0.1, 0.15) is 6.10 Å². The Kier molecular flexibility index (Phi) is 5.05. The van der Waals surface area contributed by atoms with Gasteiger partial charge in [0, 0.05) is 13.2 Å². The van der Waals surface area contributed by atoms with Crippen LogP contribution in [0.5, 0.6) is 0 Å². The number of fused-ring (bicyclic) bond motifs is 1. The molecule has 0 bridgehead atoms. The molecule has 1 fully saturated rings. The minimum Gasteiger partial charge on any atom is -0.444 e. The third kappa shape index (κ3) is 3.25. The van der Waals surface area contributed by atoms with Crippen molar-refractivity contribution in [3.63, 3.8) is 0 Å². The summed E-state index contributed by atoms with van der Waals surface area (Å²) in [6.07, 6.45) is 9.32. The van der Waals surface area contributed by atoms with E-state index in [0.717, 1.165) is 38.7 Å². The molecule has 4 nitrogen and oxygen atoms in total. The molecule has 0 radical (unpaired) electrons. The molecule has 0 aromatic heterocycles. The van der Waals surface area contributed by atoms with Gasteiger partial charge in [-0.05, 0) is 32.1 Å². The summed E-state index contributed by atoms with van der Waals surface area (Å²) in [4.78, 5) is 13.7. The molecule has 0 aromatic carbocycles. The fourth-order valence-corrected chi connectivity index (χ4v) is 2.63. The monoisotopic (exact) mass is 253 g/mol. The summed E-state index contributed by atoms with van der Waals surface area (Å²) in [7, 11) is 0. The lowest BCUT2D eigenvalue weighted by atomic mass is 9.98. The fourth-order valence-electron chi connectivity index (χ4n) is 2.63. The summed E-state index contributed by atoms with van der Waals surface area (Å²) in [5.41, 5.74) is 0. The normalized spacial score (nSPS) is 29.4. The zero-order valence-electron chi connectivity index (χ0n) is 11.1. The highest BCUT2D eigenvalue weighted by Gasteiger charge is 2.40. The first-order chi connectivity index (χ1) is 8.83. The number of carbonyl (C=O) groups is 1. The summed E-state index contributed by atoms with van der Waals surface area (Å²) in [5, 5.41) is 0. The molecule has 18 heavy (non-hydrogen) atoms. The van der Waals surface area contributed by atoms with Crippen LogP contribution in [0.2, 0.25) is 0 Å². The number of ether oxygens (including phenoxy) is 2. The minimum absolute atomic E-state index is 0.0774. The van der Waals surface area contributed by atoms with Crippen LogP contribution in [-0.4, -0.2) is 42.9 Å². The van der Waals surface area contributed by atoms with Crippen LogP contribution in [0, 0.1) is 0 Å². The molecule has 1 aliphatic heterocycles. The van der Waals surface area contributed by atoms with E-state index >= 15 is 0 Å². The molecule has 0 spiro atoms. The molecule has 1 aliphatic carbocycles. The van der Waals surface area contributed by atoms with Crippen LogP contribution in [0.3, 0.4) is 0 Å². The number of nitrogens with zero attached hydrogens (tertiary/aromatic N) is 1. The van der Waals surface area contributed by atoms with Crippen LogP contribution in [0.15, 0.2) is 12.2 Å². The van der Waals surface area contributed by atoms with E-state index in [0.29, 0.717) is 13.2 Å². The Morgan fingerprint density at radius 2 is 2.11 bits per heavy atom. The van der Waals surface area contributed by atoms with Crippen molar-refractivity contribution in [2.45, 2.75) is 51.2 Å². The SMILES string of the molecule is CCCOCCN1C(=O)O[C@H]2CC/C=C/CCC21. The van der Waals surface area contributed by atoms with Crippen molar-refractivity contribution in [1.29, 1.82) is 0 Å². The van der Waals surface area contributed by atoms with Gasteiger partial charge in [0.05, 0.1) is 12.6 Å². The smallest absolute Gasteiger partial charge is 0.410 e. The van der Waals surface area contributed by atoms with Gasteiger partial charge in [-0.3, -0.25) is 4.90 Å². The highest BCUT2D eigenvalue weighted by atomic mass is 16.6. The molecule has 4 heteroatoms. The lowest BCUT2D eigenvalue weighted by Crippen LogP contribution is -2.39. The standard InChI is InChI=1S/C14H23NO3/c1-2-10-17-11-9-15-12-7-5-3-4-6-8-13(12)18-14(15)16/h3-4,12-13H,2,5-11H2,1H3/b4-3+/t12?,13-/m0/s1. The van der Waals surface area contributed by atoms with E-state index < -0.39 is 0 Å². The first kappa shape index (κ1) is 13.4. The minimum atomic E-state index is -0.160. The molecule has 1 heterocycles. The van der Waals surface area contributed by atoms with Crippen molar-refractivity contribution in [2.75, 3.05) is 19.8 Å². The Morgan fingerprint density at radius 3 is 2.89 bits per heavy atom. The van der Waals surface area contributed by atoms with E-state index in [1.165, 1.54) is 0 Å². The third-order valence-electron chi connectivity index (χ3n) is 3.55. The Bertz CT molecular complexity index is 303. The highest BCUT2D eigenvalue weighted by molar-refractivity contribution is 5.70. The molecule has 1 amide bonds. The van der Waals surface area contributed by atoms with Crippen molar-refractivity contribution in [3.8, 4) is 0 Å². The number of allylic oxidation sites excluding steroid dienone is 2. The second-order valence-electron chi connectivity index (χ2n) is 4.92. The largest absolute Gasteiger partial charge is 0.444 e. The van der Waals surface area contributed by atoms with E-state index in [-0.39, 0.29) is 18.2 Å². The molecule has 0 N–H and O–H groups in total. The Hall–Kier alpha value is -1.03. The van der Waals surface area contributed by atoms with Crippen LogP contribution < -0.4 is 0 Å². The fraction of sp³-hybridized carbons (Fsp3) is 0.786. The average Bonchev–Trinajstić information content (AvgIpc) is 2.61. The van der Waals surface area contributed by atoms with Crippen LogP contribution >= 0.6 is 0 Å². The Labute approximate surface area is 109 Å². The van der Waals surface area contributed by atoms with Gasteiger partial charge in [0.15, 0.2) is 0 Å². The molecule has 0 aromatic rings. The maximum Gasteiger partial charge on any atom is 0.410 e. The zero-order valence-corrected chi connectivity index (χ0v) is 11.1. The number of hydrogen-bond acceptors (Lipinski definition) is 3. The molecule has 2 atom stereocenters. The van der Waals surface area contributed by atoms with Crippen molar-refractivity contribution in [2.24, 2.45) is 0 Å². The molecule has 1 saturated heterocycles. The summed E-state index contributed by atoms with van der Waals surface area (Å²) in [5.74, 6) is 0. The number of rotatable bonds is 5. The predicted octanol–water partition coefficient (Wildman–Crippen LogP) is 2.73. The quantitative estimate of drug-likeness (QED) is 0.558.